The molecule has 0 atom stereocenters. The molecule has 0 radical (unpaired) electrons. The van der Waals surface area contributed by atoms with Gasteiger partial charge in [0.1, 0.15) is 12.4 Å². The highest BCUT2D eigenvalue weighted by atomic mass is 16.6. The molecule has 142 valence electrons. The maximum atomic E-state index is 12.7. The van der Waals surface area contributed by atoms with Gasteiger partial charge in [0.15, 0.2) is 5.82 Å². The Hall–Kier alpha value is -3.75. The number of nitro benzene ring substituents is 1. The molecular weight excluding hydrogens is 362 g/mol. The summed E-state index contributed by atoms with van der Waals surface area (Å²) in [5.41, 5.74) is 1.14. The Balaban J connectivity index is 1.76. The number of hydrogen-bond donors (Lipinski definition) is 0. The third-order valence-electron chi connectivity index (χ3n) is 4.62. The Labute approximate surface area is 159 Å². The lowest BCUT2D eigenvalue weighted by atomic mass is 10.2. The third-order valence-corrected chi connectivity index (χ3v) is 4.62. The summed E-state index contributed by atoms with van der Waals surface area (Å²) >= 11 is 0. The van der Waals surface area contributed by atoms with Crippen molar-refractivity contribution in [1.82, 2.24) is 19.2 Å². The minimum absolute atomic E-state index is 0.0400. The largest absolute Gasteiger partial charge is 0.486 e. The zero-order valence-electron chi connectivity index (χ0n) is 15.3. The number of ether oxygens (including phenoxy) is 1. The van der Waals surface area contributed by atoms with E-state index in [0.717, 1.165) is 0 Å². The first-order valence-corrected chi connectivity index (χ1v) is 8.74. The molecule has 0 aliphatic rings. The molecule has 2 heterocycles. The molecule has 4 aromatic rings. The van der Waals surface area contributed by atoms with Gasteiger partial charge >= 0.3 is 0 Å². The Morgan fingerprint density at radius 3 is 2.68 bits per heavy atom. The van der Waals surface area contributed by atoms with E-state index in [1.54, 1.807) is 34.1 Å². The predicted molar refractivity (Wildman–Crippen MR) is 103 cm³/mol. The first kappa shape index (κ1) is 17.7. The van der Waals surface area contributed by atoms with E-state index in [1.165, 1.54) is 6.07 Å². The van der Waals surface area contributed by atoms with E-state index in [9.17, 15) is 14.9 Å². The zero-order valence-corrected chi connectivity index (χ0v) is 15.3. The molecule has 9 nitrogen and oxygen atoms in total. The molecule has 0 saturated carbocycles. The van der Waals surface area contributed by atoms with Crippen molar-refractivity contribution in [3.63, 3.8) is 0 Å². The highest BCUT2D eigenvalue weighted by molar-refractivity contribution is 5.80. The third kappa shape index (κ3) is 2.77. The van der Waals surface area contributed by atoms with Gasteiger partial charge in [-0.3, -0.25) is 23.9 Å². The van der Waals surface area contributed by atoms with Gasteiger partial charge in [-0.05, 0) is 38.1 Å². The quantitative estimate of drug-likeness (QED) is 0.390. The summed E-state index contributed by atoms with van der Waals surface area (Å²) in [6, 6.07) is 11.9. The summed E-state index contributed by atoms with van der Waals surface area (Å²) in [5.74, 6) is 1.47. The number of para-hydroxylation sites is 1. The van der Waals surface area contributed by atoms with Crippen molar-refractivity contribution < 1.29 is 9.66 Å². The molecule has 9 heteroatoms. The molecule has 0 fully saturated rings. The summed E-state index contributed by atoms with van der Waals surface area (Å²) in [5, 5.41) is 19.9. The second-order valence-corrected chi connectivity index (χ2v) is 6.31. The topological polar surface area (TPSA) is 105 Å². The molecule has 2 aromatic carbocycles. The second-order valence-electron chi connectivity index (χ2n) is 6.31. The smallest absolute Gasteiger partial charge is 0.272 e. The van der Waals surface area contributed by atoms with Crippen molar-refractivity contribution in [3.8, 4) is 5.75 Å². The molecule has 0 N–H and O–H groups in total. The minimum Gasteiger partial charge on any atom is -0.486 e. The molecule has 0 aliphatic carbocycles. The fourth-order valence-electron chi connectivity index (χ4n) is 3.26. The van der Waals surface area contributed by atoms with Gasteiger partial charge in [0.25, 0.3) is 11.2 Å². The molecular formula is C19H17N5O4. The standard InChI is InChI=1S/C19H17N5O4/c1-3-22-18(25)14-6-4-5-7-16(14)23-17(20-21-19(22)23)11-28-13-8-9-15(24(26)27)12(2)10-13/h4-10H,3,11H2,1-2H3. The summed E-state index contributed by atoms with van der Waals surface area (Å²) in [6.07, 6.45) is 0. The van der Waals surface area contributed by atoms with Gasteiger partial charge in [-0.25, -0.2) is 0 Å². The highest BCUT2D eigenvalue weighted by Crippen LogP contribution is 2.24. The van der Waals surface area contributed by atoms with Crippen LogP contribution in [0.4, 0.5) is 5.69 Å². The molecule has 0 aliphatic heterocycles. The fourth-order valence-corrected chi connectivity index (χ4v) is 3.26. The van der Waals surface area contributed by atoms with Crippen LogP contribution in [0.1, 0.15) is 18.3 Å². The van der Waals surface area contributed by atoms with Crippen LogP contribution in [0.15, 0.2) is 47.3 Å². The first-order valence-electron chi connectivity index (χ1n) is 8.74. The minimum atomic E-state index is -0.429. The van der Waals surface area contributed by atoms with Crippen molar-refractivity contribution in [3.05, 3.63) is 74.3 Å². The van der Waals surface area contributed by atoms with Crippen LogP contribution in [0.2, 0.25) is 0 Å². The maximum Gasteiger partial charge on any atom is 0.272 e. The molecule has 0 unspecified atom stereocenters. The van der Waals surface area contributed by atoms with Gasteiger partial charge < -0.3 is 4.74 Å². The van der Waals surface area contributed by atoms with Crippen LogP contribution in [0.25, 0.3) is 16.7 Å². The summed E-state index contributed by atoms with van der Waals surface area (Å²) < 4.78 is 9.16. The van der Waals surface area contributed by atoms with Gasteiger partial charge in [-0.15, -0.1) is 10.2 Å². The lowest BCUT2D eigenvalue weighted by Gasteiger charge is -2.10. The number of aryl methyl sites for hydroxylation is 2. The number of hydrogen-bond acceptors (Lipinski definition) is 6. The van der Waals surface area contributed by atoms with Crippen molar-refractivity contribution in [2.45, 2.75) is 27.0 Å². The zero-order chi connectivity index (χ0) is 19.8. The highest BCUT2D eigenvalue weighted by Gasteiger charge is 2.16. The number of nitrogens with zero attached hydrogens (tertiary/aromatic N) is 5. The molecule has 0 amide bonds. The first-order chi connectivity index (χ1) is 13.5. The Kier molecular flexibility index (Phi) is 4.26. The normalized spacial score (nSPS) is 11.2. The van der Waals surface area contributed by atoms with Crippen molar-refractivity contribution in [2.24, 2.45) is 0 Å². The van der Waals surface area contributed by atoms with E-state index in [0.29, 0.717) is 40.4 Å². The number of benzene rings is 2. The SMILES string of the molecule is CCn1c(=O)c2ccccc2n2c(COc3ccc([N+](=O)[O-])c(C)c3)nnc12. The van der Waals surface area contributed by atoms with Crippen LogP contribution in [0, 0.1) is 17.0 Å². The van der Waals surface area contributed by atoms with Crippen LogP contribution in [-0.2, 0) is 13.2 Å². The van der Waals surface area contributed by atoms with Crippen LogP contribution in [0.5, 0.6) is 5.75 Å². The lowest BCUT2D eigenvalue weighted by molar-refractivity contribution is -0.385. The van der Waals surface area contributed by atoms with E-state index < -0.39 is 4.92 Å². The number of aromatic nitrogens is 4. The van der Waals surface area contributed by atoms with Gasteiger partial charge in [0.2, 0.25) is 5.78 Å². The van der Waals surface area contributed by atoms with Crippen molar-refractivity contribution in [1.29, 1.82) is 0 Å². The van der Waals surface area contributed by atoms with Crippen LogP contribution in [-0.4, -0.2) is 24.1 Å². The molecule has 4 rings (SSSR count). The monoisotopic (exact) mass is 379 g/mol. The molecule has 28 heavy (non-hydrogen) atoms. The van der Waals surface area contributed by atoms with E-state index in [4.69, 9.17) is 4.74 Å². The second kappa shape index (κ2) is 6.76. The average molecular weight is 379 g/mol. The molecule has 0 spiro atoms. The summed E-state index contributed by atoms with van der Waals surface area (Å²) in [4.78, 5) is 23.2. The molecule has 2 aromatic heterocycles. The number of fused-ring (bicyclic) bond motifs is 3. The van der Waals surface area contributed by atoms with Gasteiger partial charge in [-0.1, -0.05) is 12.1 Å². The molecule has 0 bridgehead atoms. The summed E-state index contributed by atoms with van der Waals surface area (Å²) in [6.45, 7) is 4.10. The van der Waals surface area contributed by atoms with Gasteiger partial charge in [0, 0.05) is 18.2 Å². The summed E-state index contributed by atoms with van der Waals surface area (Å²) in [7, 11) is 0. The van der Waals surface area contributed by atoms with Gasteiger partial charge in [-0.2, -0.15) is 0 Å². The Morgan fingerprint density at radius 1 is 1.18 bits per heavy atom. The van der Waals surface area contributed by atoms with E-state index >= 15 is 0 Å². The van der Waals surface area contributed by atoms with E-state index in [-0.39, 0.29) is 17.9 Å². The van der Waals surface area contributed by atoms with Crippen LogP contribution in [0.3, 0.4) is 0 Å². The van der Waals surface area contributed by atoms with E-state index in [1.807, 2.05) is 25.1 Å². The van der Waals surface area contributed by atoms with Crippen molar-refractivity contribution >= 4 is 22.4 Å². The fraction of sp³-hybridized carbons (Fsp3) is 0.211. The van der Waals surface area contributed by atoms with Crippen molar-refractivity contribution in [2.75, 3.05) is 0 Å². The Bertz CT molecular complexity index is 1270. The Morgan fingerprint density at radius 2 is 1.96 bits per heavy atom. The van der Waals surface area contributed by atoms with Crippen LogP contribution >= 0.6 is 0 Å². The lowest BCUT2D eigenvalue weighted by Crippen LogP contribution is -2.22. The number of nitro groups is 1. The van der Waals surface area contributed by atoms with Crippen LogP contribution < -0.4 is 10.3 Å². The number of rotatable bonds is 5. The van der Waals surface area contributed by atoms with E-state index in [2.05, 4.69) is 10.2 Å². The average Bonchev–Trinajstić information content (AvgIpc) is 3.10. The molecule has 0 saturated heterocycles. The maximum absolute atomic E-state index is 12.7. The predicted octanol–water partition coefficient (Wildman–Crippen LogP) is 2.86. The van der Waals surface area contributed by atoms with Gasteiger partial charge in [0.05, 0.1) is 15.8 Å².